The van der Waals surface area contributed by atoms with Crippen molar-refractivity contribution in [3.8, 4) is 0 Å². The number of carbonyl (C=O) groups excluding carboxylic acids is 1. The van der Waals surface area contributed by atoms with Crippen LogP contribution in [0.3, 0.4) is 0 Å². The van der Waals surface area contributed by atoms with Gasteiger partial charge in [0, 0.05) is 56.9 Å². The highest BCUT2D eigenvalue weighted by Gasteiger charge is 2.59. The van der Waals surface area contributed by atoms with Crippen LogP contribution in [0, 0.1) is 17.2 Å². The standard InChI is InChI=1S/C20H27FN2O2/c1-15(16-4-2-3-5-18(16)21)22-8-10-23(11-9-22)19(24)17-14-20(17)6-12-25-13-7-20/h2-5,15,17H,6-14H2,1H3/t15-,17+/m0/s1. The first kappa shape index (κ1) is 17.0. The quantitative estimate of drug-likeness (QED) is 0.844. The summed E-state index contributed by atoms with van der Waals surface area (Å²) < 4.78 is 19.5. The highest BCUT2D eigenvalue weighted by molar-refractivity contribution is 5.82. The molecule has 2 aliphatic heterocycles. The smallest absolute Gasteiger partial charge is 0.226 e. The van der Waals surface area contributed by atoms with Crippen LogP contribution in [0.25, 0.3) is 0 Å². The summed E-state index contributed by atoms with van der Waals surface area (Å²) in [6.07, 6.45) is 3.11. The van der Waals surface area contributed by atoms with E-state index >= 15 is 0 Å². The van der Waals surface area contributed by atoms with E-state index in [1.165, 1.54) is 6.07 Å². The number of hydrogen-bond acceptors (Lipinski definition) is 3. The molecule has 0 bridgehead atoms. The highest BCUT2D eigenvalue weighted by Crippen LogP contribution is 2.59. The Balaban J connectivity index is 1.33. The van der Waals surface area contributed by atoms with Gasteiger partial charge in [0.2, 0.25) is 5.91 Å². The topological polar surface area (TPSA) is 32.8 Å². The Bertz CT molecular complexity index is 636. The second-order valence-electron chi connectivity index (χ2n) is 7.79. The van der Waals surface area contributed by atoms with E-state index in [0.29, 0.717) is 5.91 Å². The van der Waals surface area contributed by atoms with Crippen LogP contribution < -0.4 is 0 Å². The molecule has 5 heteroatoms. The molecule has 0 unspecified atom stereocenters. The minimum absolute atomic E-state index is 0.0428. The van der Waals surface area contributed by atoms with Gasteiger partial charge in [-0.05, 0) is 37.7 Å². The number of ether oxygens (including phenoxy) is 1. The van der Waals surface area contributed by atoms with Gasteiger partial charge in [0.05, 0.1) is 0 Å². The van der Waals surface area contributed by atoms with Crippen molar-refractivity contribution in [2.24, 2.45) is 11.3 Å². The highest BCUT2D eigenvalue weighted by atomic mass is 19.1. The number of benzene rings is 1. The number of hydrogen-bond donors (Lipinski definition) is 0. The summed E-state index contributed by atoms with van der Waals surface area (Å²) in [4.78, 5) is 17.1. The molecule has 1 aliphatic carbocycles. The molecule has 0 N–H and O–H groups in total. The molecule has 4 nitrogen and oxygen atoms in total. The Kier molecular flexibility index (Phi) is 4.54. The molecular formula is C20H27FN2O2. The average Bonchev–Trinajstić information content (AvgIpc) is 3.34. The Morgan fingerprint density at radius 2 is 1.88 bits per heavy atom. The largest absolute Gasteiger partial charge is 0.381 e. The lowest BCUT2D eigenvalue weighted by atomic mass is 9.93. The molecule has 4 rings (SSSR count). The van der Waals surface area contributed by atoms with Crippen molar-refractivity contribution < 1.29 is 13.9 Å². The third kappa shape index (κ3) is 3.20. The number of rotatable bonds is 3. The van der Waals surface area contributed by atoms with Gasteiger partial charge in [0.25, 0.3) is 0 Å². The fourth-order valence-corrected chi connectivity index (χ4v) is 4.59. The monoisotopic (exact) mass is 346 g/mol. The van der Waals surface area contributed by atoms with Crippen molar-refractivity contribution >= 4 is 5.91 Å². The first-order chi connectivity index (χ1) is 12.1. The molecule has 2 saturated heterocycles. The molecular weight excluding hydrogens is 319 g/mol. The van der Waals surface area contributed by atoms with Gasteiger partial charge in [-0.1, -0.05) is 18.2 Å². The van der Waals surface area contributed by atoms with Crippen molar-refractivity contribution in [3.63, 3.8) is 0 Å². The van der Waals surface area contributed by atoms with E-state index < -0.39 is 0 Å². The Labute approximate surface area is 148 Å². The zero-order valence-corrected chi connectivity index (χ0v) is 14.9. The third-order valence-corrected chi connectivity index (χ3v) is 6.51. The summed E-state index contributed by atoms with van der Waals surface area (Å²) in [5.41, 5.74) is 0.984. The van der Waals surface area contributed by atoms with E-state index in [-0.39, 0.29) is 23.2 Å². The van der Waals surface area contributed by atoms with Crippen LogP contribution in [0.1, 0.15) is 37.8 Å². The van der Waals surface area contributed by atoms with Crippen LogP contribution in [0.15, 0.2) is 24.3 Å². The Morgan fingerprint density at radius 3 is 2.56 bits per heavy atom. The van der Waals surface area contributed by atoms with E-state index in [1.54, 1.807) is 6.07 Å². The van der Waals surface area contributed by atoms with Gasteiger partial charge in [-0.2, -0.15) is 0 Å². The fraction of sp³-hybridized carbons (Fsp3) is 0.650. The van der Waals surface area contributed by atoms with Crippen LogP contribution in [-0.2, 0) is 9.53 Å². The zero-order valence-electron chi connectivity index (χ0n) is 14.9. The molecule has 1 spiro atoms. The van der Waals surface area contributed by atoms with E-state index in [2.05, 4.69) is 4.90 Å². The first-order valence-electron chi connectivity index (χ1n) is 9.46. The normalized spacial score (nSPS) is 27.3. The van der Waals surface area contributed by atoms with Crippen LogP contribution in [0.2, 0.25) is 0 Å². The van der Waals surface area contributed by atoms with Crippen molar-refractivity contribution in [3.05, 3.63) is 35.6 Å². The predicted octanol–water partition coefficient (Wildman–Crippen LogP) is 2.85. The molecule has 25 heavy (non-hydrogen) atoms. The lowest BCUT2D eigenvalue weighted by Gasteiger charge is -2.38. The van der Waals surface area contributed by atoms with Crippen molar-refractivity contribution in [1.82, 2.24) is 9.80 Å². The van der Waals surface area contributed by atoms with E-state index in [4.69, 9.17) is 4.74 Å². The lowest BCUT2D eigenvalue weighted by molar-refractivity contribution is -0.136. The van der Waals surface area contributed by atoms with E-state index in [9.17, 15) is 9.18 Å². The molecule has 1 aromatic carbocycles. The Morgan fingerprint density at radius 1 is 1.20 bits per heavy atom. The maximum Gasteiger partial charge on any atom is 0.226 e. The van der Waals surface area contributed by atoms with E-state index in [1.807, 2.05) is 24.0 Å². The van der Waals surface area contributed by atoms with Gasteiger partial charge >= 0.3 is 0 Å². The second kappa shape index (κ2) is 6.69. The number of amides is 1. The van der Waals surface area contributed by atoms with Gasteiger partial charge in [0.1, 0.15) is 5.82 Å². The SMILES string of the molecule is C[C@@H](c1ccccc1F)N1CCN(C(=O)[C@H]2CC23CCOCC3)CC1. The van der Waals surface area contributed by atoms with Crippen molar-refractivity contribution in [2.45, 2.75) is 32.2 Å². The van der Waals surface area contributed by atoms with Gasteiger partial charge < -0.3 is 9.64 Å². The maximum absolute atomic E-state index is 14.0. The van der Waals surface area contributed by atoms with Crippen LogP contribution in [0.4, 0.5) is 4.39 Å². The minimum Gasteiger partial charge on any atom is -0.381 e. The predicted molar refractivity (Wildman–Crippen MR) is 93.6 cm³/mol. The zero-order chi connectivity index (χ0) is 17.4. The number of halogens is 1. The molecule has 136 valence electrons. The fourth-order valence-electron chi connectivity index (χ4n) is 4.59. The first-order valence-corrected chi connectivity index (χ1v) is 9.46. The summed E-state index contributed by atoms with van der Waals surface area (Å²) in [7, 11) is 0. The number of carbonyl (C=O) groups is 1. The molecule has 1 saturated carbocycles. The summed E-state index contributed by atoms with van der Waals surface area (Å²) in [5, 5.41) is 0. The third-order valence-electron chi connectivity index (χ3n) is 6.51. The summed E-state index contributed by atoms with van der Waals surface area (Å²) in [6.45, 7) is 6.78. The molecule has 1 aromatic rings. The molecule has 1 amide bonds. The van der Waals surface area contributed by atoms with Gasteiger partial charge in [-0.3, -0.25) is 9.69 Å². The Hall–Kier alpha value is -1.46. The van der Waals surface area contributed by atoms with Gasteiger partial charge in [0.15, 0.2) is 0 Å². The maximum atomic E-state index is 14.0. The molecule has 2 heterocycles. The summed E-state index contributed by atoms with van der Waals surface area (Å²) in [6, 6.07) is 7.03. The van der Waals surface area contributed by atoms with Crippen LogP contribution in [0.5, 0.6) is 0 Å². The van der Waals surface area contributed by atoms with Crippen molar-refractivity contribution in [1.29, 1.82) is 0 Å². The van der Waals surface area contributed by atoms with Gasteiger partial charge in [-0.15, -0.1) is 0 Å². The van der Waals surface area contributed by atoms with E-state index in [0.717, 1.165) is 64.2 Å². The molecule has 0 radical (unpaired) electrons. The van der Waals surface area contributed by atoms with Crippen LogP contribution >= 0.6 is 0 Å². The number of piperazine rings is 1. The average molecular weight is 346 g/mol. The summed E-state index contributed by atoms with van der Waals surface area (Å²) in [5.74, 6) is 0.403. The second-order valence-corrected chi connectivity index (χ2v) is 7.79. The molecule has 3 aliphatic rings. The molecule has 0 aromatic heterocycles. The number of nitrogens with zero attached hydrogens (tertiary/aromatic N) is 2. The van der Waals surface area contributed by atoms with Crippen molar-refractivity contribution in [2.75, 3.05) is 39.4 Å². The molecule has 2 atom stereocenters. The minimum atomic E-state index is -0.145. The summed E-state index contributed by atoms with van der Waals surface area (Å²) >= 11 is 0. The molecule has 3 fully saturated rings. The van der Waals surface area contributed by atoms with Crippen LogP contribution in [-0.4, -0.2) is 55.1 Å². The lowest BCUT2D eigenvalue weighted by Crippen LogP contribution is -2.50. The van der Waals surface area contributed by atoms with Gasteiger partial charge in [-0.25, -0.2) is 4.39 Å².